The van der Waals surface area contributed by atoms with E-state index in [9.17, 15) is 4.79 Å². The molecule has 1 aromatic carbocycles. The minimum atomic E-state index is -0.246. The SMILES string of the molecule is Cc1c(Br)cccc1C(=O)NC1(C)CCCOC1. The average Bonchev–Trinajstić information content (AvgIpc) is 2.33. The maximum atomic E-state index is 12.3. The molecule has 1 aliphatic rings. The summed E-state index contributed by atoms with van der Waals surface area (Å²) in [4.78, 5) is 12.3. The first-order valence-electron chi connectivity index (χ1n) is 6.17. The number of nitrogens with one attached hydrogen (secondary N) is 1. The summed E-state index contributed by atoms with van der Waals surface area (Å²) in [5.74, 6) is -0.0261. The van der Waals surface area contributed by atoms with Gasteiger partial charge >= 0.3 is 0 Å². The second kappa shape index (κ2) is 5.41. The molecule has 2 rings (SSSR count). The first kappa shape index (κ1) is 13.6. The molecule has 0 spiro atoms. The molecule has 1 heterocycles. The quantitative estimate of drug-likeness (QED) is 0.911. The summed E-state index contributed by atoms with van der Waals surface area (Å²) in [7, 11) is 0. The molecule has 18 heavy (non-hydrogen) atoms. The van der Waals surface area contributed by atoms with Crippen molar-refractivity contribution in [1.29, 1.82) is 0 Å². The van der Waals surface area contributed by atoms with Crippen LogP contribution in [0.2, 0.25) is 0 Å². The van der Waals surface area contributed by atoms with Crippen molar-refractivity contribution >= 4 is 21.8 Å². The Bertz CT molecular complexity index is 453. The van der Waals surface area contributed by atoms with E-state index in [1.165, 1.54) is 0 Å². The molecule has 3 nitrogen and oxygen atoms in total. The van der Waals surface area contributed by atoms with Gasteiger partial charge in [0.15, 0.2) is 0 Å². The normalized spacial score (nSPS) is 23.7. The number of rotatable bonds is 2. The molecule has 0 saturated carbocycles. The van der Waals surface area contributed by atoms with Gasteiger partial charge in [-0.05, 0) is 44.4 Å². The molecule has 0 radical (unpaired) electrons. The van der Waals surface area contributed by atoms with Crippen molar-refractivity contribution in [3.05, 3.63) is 33.8 Å². The summed E-state index contributed by atoms with van der Waals surface area (Å²) >= 11 is 3.45. The van der Waals surface area contributed by atoms with Gasteiger partial charge in [0.2, 0.25) is 0 Å². The van der Waals surface area contributed by atoms with E-state index in [2.05, 4.69) is 21.2 Å². The maximum absolute atomic E-state index is 12.3. The molecular weight excluding hydrogens is 294 g/mol. The third kappa shape index (κ3) is 2.93. The fourth-order valence-corrected chi connectivity index (χ4v) is 2.59. The lowest BCUT2D eigenvalue weighted by atomic mass is 9.94. The number of amides is 1. The van der Waals surface area contributed by atoms with E-state index in [-0.39, 0.29) is 11.4 Å². The standard InChI is InChI=1S/C14H18BrNO2/c1-10-11(5-3-6-12(10)15)13(17)16-14(2)7-4-8-18-9-14/h3,5-6H,4,7-9H2,1-2H3,(H,16,17). The van der Waals surface area contributed by atoms with Gasteiger partial charge in [-0.1, -0.05) is 22.0 Å². The highest BCUT2D eigenvalue weighted by Crippen LogP contribution is 2.22. The van der Waals surface area contributed by atoms with Crippen LogP contribution in [0.4, 0.5) is 0 Å². The monoisotopic (exact) mass is 311 g/mol. The largest absolute Gasteiger partial charge is 0.379 e. The van der Waals surface area contributed by atoms with Gasteiger partial charge in [0.1, 0.15) is 0 Å². The average molecular weight is 312 g/mol. The Morgan fingerprint density at radius 3 is 2.94 bits per heavy atom. The zero-order valence-corrected chi connectivity index (χ0v) is 12.3. The number of carbonyl (C=O) groups is 1. The molecule has 1 aliphatic heterocycles. The molecule has 0 bridgehead atoms. The van der Waals surface area contributed by atoms with Crippen molar-refractivity contribution in [2.45, 2.75) is 32.2 Å². The van der Waals surface area contributed by atoms with E-state index >= 15 is 0 Å². The van der Waals surface area contributed by atoms with Gasteiger partial charge in [-0.2, -0.15) is 0 Å². The minimum Gasteiger partial charge on any atom is -0.379 e. The molecule has 1 fully saturated rings. The highest BCUT2D eigenvalue weighted by molar-refractivity contribution is 9.10. The van der Waals surface area contributed by atoms with E-state index in [4.69, 9.17) is 4.74 Å². The fourth-order valence-electron chi connectivity index (χ4n) is 2.23. The highest BCUT2D eigenvalue weighted by atomic mass is 79.9. The Hall–Kier alpha value is -0.870. The van der Waals surface area contributed by atoms with Crippen LogP contribution in [-0.2, 0) is 4.74 Å². The predicted molar refractivity (Wildman–Crippen MR) is 74.8 cm³/mol. The Morgan fingerprint density at radius 1 is 1.50 bits per heavy atom. The van der Waals surface area contributed by atoms with Crippen LogP contribution in [0.25, 0.3) is 0 Å². The fraction of sp³-hybridized carbons (Fsp3) is 0.500. The third-order valence-electron chi connectivity index (χ3n) is 3.37. The molecule has 4 heteroatoms. The summed E-state index contributed by atoms with van der Waals surface area (Å²) in [6, 6.07) is 5.67. The molecule has 98 valence electrons. The Balaban J connectivity index is 2.14. The predicted octanol–water partition coefficient (Wildman–Crippen LogP) is 3.06. The van der Waals surface area contributed by atoms with Crippen molar-refractivity contribution in [3.8, 4) is 0 Å². The van der Waals surface area contributed by atoms with Crippen LogP contribution in [0.15, 0.2) is 22.7 Å². The molecule has 0 aliphatic carbocycles. The van der Waals surface area contributed by atoms with Crippen LogP contribution < -0.4 is 5.32 Å². The summed E-state index contributed by atoms with van der Waals surface area (Å²) in [5.41, 5.74) is 1.44. The summed E-state index contributed by atoms with van der Waals surface area (Å²) in [6.07, 6.45) is 1.96. The molecule has 1 N–H and O–H groups in total. The first-order chi connectivity index (χ1) is 8.52. The topological polar surface area (TPSA) is 38.3 Å². The van der Waals surface area contributed by atoms with E-state index < -0.39 is 0 Å². The molecule has 1 amide bonds. The Morgan fingerprint density at radius 2 is 2.28 bits per heavy atom. The number of hydrogen-bond acceptors (Lipinski definition) is 2. The van der Waals surface area contributed by atoms with Crippen LogP contribution in [0.5, 0.6) is 0 Å². The molecule has 1 saturated heterocycles. The smallest absolute Gasteiger partial charge is 0.252 e. The second-order valence-electron chi connectivity index (χ2n) is 5.08. The summed E-state index contributed by atoms with van der Waals surface area (Å²) in [5, 5.41) is 3.09. The number of benzene rings is 1. The van der Waals surface area contributed by atoms with Gasteiger partial charge in [0.25, 0.3) is 5.91 Å². The van der Waals surface area contributed by atoms with Gasteiger partial charge in [-0.25, -0.2) is 0 Å². The van der Waals surface area contributed by atoms with Crippen LogP contribution in [0.3, 0.4) is 0 Å². The first-order valence-corrected chi connectivity index (χ1v) is 6.96. The summed E-state index contributed by atoms with van der Waals surface area (Å²) in [6.45, 7) is 5.36. The Kier molecular flexibility index (Phi) is 4.07. The Labute approximate surface area is 116 Å². The van der Waals surface area contributed by atoms with Crippen molar-refractivity contribution < 1.29 is 9.53 Å². The third-order valence-corrected chi connectivity index (χ3v) is 4.22. The highest BCUT2D eigenvalue weighted by Gasteiger charge is 2.30. The van der Waals surface area contributed by atoms with Crippen molar-refractivity contribution in [3.63, 3.8) is 0 Å². The molecular formula is C14H18BrNO2. The second-order valence-corrected chi connectivity index (χ2v) is 5.94. The lowest BCUT2D eigenvalue weighted by Crippen LogP contribution is -2.51. The van der Waals surface area contributed by atoms with E-state index in [1.54, 1.807) is 0 Å². The van der Waals surface area contributed by atoms with Gasteiger partial charge in [-0.3, -0.25) is 4.79 Å². The molecule has 1 atom stereocenters. The van der Waals surface area contributed by atoms with Gasteiger partial charge in [0, 0.05) is 16.6 Å². The van der Waals surface area contributed by atoms with Gasteiger partial charge in [-0.15, -0.1) is 0 Å². The van der Waals surface area contributed by atoms with Gasteiger partial charge in [0.05, 0.1) is 12.1 Å². The van der Waals surface area contributed by atoms with Crippen LogP contribution >= 0.6 is 15.9 Å². The number of carbonyl (C=O) groups excluding carboxylic acids is 1. The lowest BCUT2D eigenvalue weighted by molar-refractivity contribution is 0.0272. The van der Waals surface area contributed by atoms with E-state index in [0.717, 1.165) is 35.0 Å². The molecule has 1 aromatic rings. The van der Waals surface area contributed by atoms with Crippen LogP contribution in [0.1, 0.15) is 35.7 Å². The maximum Gasteiger partial charge on any atom is 0.252 e. The minimum absolute atomic E-state index is 0.0261. The van der Waals surface area contributed by atoms with Crippen LogP contribution in [0, 0.1) is 6.92 Å². The van der Waals surface area contributed by atoms with Crippen molar-refractivity contribution in [2.75, 3.05) is 13.2 Å². The molecule has 0 aromatic heterocycles. The van der Waals surface area contributed by atoms with Crippen molar-refractivity contribution in [1.82, 2.24) is 5.32 Å². The van der Waals surface area contributed by atoms with Crippen LogP contribution in [-0.4, -0.2) is 24.7 Å². The number of ether oxygens (including phenoxy) is 1. The van der Waals surface area contributed by atoms with Crippen molar-refractivity contribution in [2.24, 2.45) is 0 Å². The summed E-state index contributed by atoms with van der Waals surface area (Å²) < 4.78 is 6.41. The van der Waals surface area contributed by atoms with E-state index in [1.807, 2.05) is 32.0 Å². The number of halogens is 1. The van der Waals surface area contributed by atoms with E-state index in [0.29, 0.717) is 6.61 Å². The number of hydrogen-bond donors (Lipinski definition) is 1. The molecule has 1 unspecified atom stereocenters. The zero-order chi connectivity index (χ0) is 13.2. The zero-order valence-electron chi connectivity index (χ0n) is 10.8. The van der Waals surface area contributed by atoms with Gasteiger partial charge < -0.3 is 10.1 Å². The lowest BCUT2D eigenvalue weighted by Gasteiger charge is -2.34.